The molecular formula is C14H14N2O3. The summed E-state index contributed by atoms with van der Waals surface area (Å²) >= 11 is 0. The largest absolute Gasteiger partial charge is 0.478 e. The number of carboxylic acids is 1. The van der Waals surface area contributed by atoms with Crippen LogP contribution < -0.4 is 5.32 Å². The Balaban J connectivity index is 2.75. The van der Waals surface area contributed by atoms with Crippen molar-refractivity contribution in [3.8, 4) is 12.3 Å². The lowest BCUT2D eigenvalue weighted by Crippen LogP contribution is -2.31. The summed E-state index contributed by atoms with van der Waals surface area (Å²) in [6.45, 7) is 0.213. The van der Waals surface area contributed by atoms with E-state index in [1.54, 1.807) is 31.3 Å². The molecule has 1 rings (SSSR count). The van der Waals surface area contributed by atoms with Crippen LogP contribution in [0.15, 0.2) is 30.3 Å². The standard InChI is InChI=1S/C14H14N2O3/c1-3-9-16(2)14(19)15-12-6-4-5-11(10-12)7-8-13(17)18/h1,4-8,10H,9H2,2H3,(H,15,19)(H,17,18)/b8-7+. The molecule has 0 radical (unpaired) electrons. The maximum absolute atomic E-state index is 11.7. The minimum Gasteiger partial charge on any atom is -0.478 e. The van der Waals surface area contributed by atoms with Crippen LogP contribution in [0.25, 0.3) is 6.08 Å². The zero-order valence-corrected chi connectivity index (χ0v) is 10.5. The van der Waals surface area contributed by atoms with Gasteiger partial charge in [-0.05, 0) is 23.8 Å². The third-order valence-electron chi connectivity index (χ3n) is 2.23. The Hall–Kier alpha value is -2.74. The van der Waals surface area contributed by atoms with Gasteiger partial charge in [-0.2, -0.15) is 0 Å². The van der Waals surface area contributed by atoms with Crippen molar-refractivity contribution in [1.29, 1.82) is 0 Å². The minimum absolute atomic E-state index is 0.213. The van der Waals surface area contributed by atoms with Crippen molar-refractivity contribution in [2.45, 2.75) is 0 Å². The van der Waals surface area contributed by atoms with Crippen molar-refractivity contribution in [1.82, 2.24) is 4.90 Å². The number of terminal acetylenes is 1. The zero-order chi connectivity index (χ0) is 14.3. The fraction of sp³-hybridized carbons (Fsp3) is 0.143. The van der Waals surface area contributed by atoms with Crippen molar-refractivity contribution >= 4 is 23.8 Å². The van der Waals surface area contributed by atoms with Crippen LogP contribution in [0.5, 0.6) is 0 Å². The Morgan fingerprint density at radius 3 is 2.89 bits per heavy atom. The normalized spacial score (nSPS) is 9.89. The molecule has 0 spiro atoms. The minimum atomic E-state index is -1.02. The van der Waals surface area contributed by atoms with E-state index < -0.39 is 5.97 Å². The van der Waals surface area contributed by atoms with E-state index in [9.17, 15) is 9.59 Å². The van der Waals surface area contributed by atoms with Crippen LogP contribution in [0.1, 0.15) is 5.56 Å². The fourth-order valence-corrected chi connectivity index (χ4v) is 1.32. The predicted molar refractivity (Wildman–Crippen MR) is 73.6 cm³/mol. The Kier molecular flexibility index (Phi) is 5.17. The van der Waals surface area contributed by atoms with Crippen molar-refractivity contribution in [3.05, 3.63) is 35.9 Å². The first-order valence-electron chi connectivity index (χ1n) is 5.49. The van der Waals surface area contributed by atoms with Gasteiger partial charge in [-0.25, -0.2) is 9.59 Å². The van der Waals surface area contributed by atoms with Gasteiger partial charge in [0, 0.05) is 18.8 Å². The monoisotopic (exact) mass is 258 g/mol. The van der Waals surface area contributed by atoms with Crippen molar-refractivity contribution < 1.29 is 14.7 Å². The SMILES string of the molecule is C#CCN(C)C(=O)Nc1cccc(/C=C/C(=O)O)c1. The van der Waals surface area contributed by atoms with E-state index >= 15 is 0 Å². The lowest BCUT2D eigenvalue weighted by molar-refractivity contribution is -0.131. The average Bonchev–Trinajstić information content (AvgIpc) is 2.37. The maximum Gasteiger partial charge on any atom is 0.328 e. The number of amides is 2. The number of nitrogens with one attached hydrogen (secondary N) is 1. The molecule has 5 heteroatoms. The highest BCUT2D eigenvalue weighted by molar-refractivity contribution is 5.90. The van der Waals surface area contributed by atoms with Crippen LogP contribution in [0.2, 0.25) is 0 Å². The van der Waals surface area contributed by atoms with Gasteiger partial charge in [0.25, 0.3) is 0 Å². The Morgan fingerprint density at radius 2 is 2.26 bits per heavy atom. The quantitative estimate of drug-likeness (QED) is 0.640. The average molecular weight is 258 g/mol. The van der Waals surface area contributed by atoms with Gasteiger partial charge in [0.1, 0.15) is 0 Å². The lowest BCUT2D eigenvalue weighted by Gasteiger charge is -2.15. The van der Waals surface area contributed by atoms with E-state index in [-0.39, 0.29) is 12.6 Å². The van der Waals surface area contributed by atoms with Crippen LogP contribution in [0, 0.1) is 12.3 Å². The highest BCUT2D eigenvalue weighted by Crippen LogP contribution is 2.12. The van der Waals surface area contributed by atoms with Gasteiger partial charge in [-0.15, -0.1) is 6.42 Å². The second-order valence-electron chi connectivity index (χ2n) is 3.79. The summed E-state index contributed by atoms with van der Waals surface area (Å²) in [6.07, 6.45) is 7.60. The van der Waals surface area contributed by atoms with E-state index in [2.05, 4.69) is 11.2 Å². The fourth-order valence-electron chi connectivity index (χ4n) is 1.32. The summed E-state index contributed by atoms with van der Waals surface area (Å²) < 4.78 is 0. The number of anilines is 1. The number of nitrogens with zero attached hydrogens (tertiary/aromatic N) is 1. The first-order valence-corrected chi connectivity index (χ1v) is 5.49. The number of carbonyl (C=O) groups excluding carboxylic acids is 1. The van der Waals surface area contributed by atoms with Gasteiger partial charge in [0.15, 0.2) is 0 Å². The van der Waals surface area contributed by atoms with Crippen molar-refractivity contribution in [2.75, 3.05) is 18.9 Å². The highest BCUT2D eigenvalue weighted by atomic mass is 16.4. The van der Waals surface area contributed by atoms with Crippen LogP contribution in [-0.2, 0) is 4.79 Å². The molecule has 0 aromatic heterocycles. The molecule has 5 nitrogen and oxygen atoms in total. The number of hydrogen-bond acceptors (Lipinski definition) is 2. The van der Waals surface area contributed by atoms with E-state index in [0.717, 1.165) is 6.08 Å². The summed E-state index contributed by atoms with van der Waals surface area (Å²) in [6, 6.07) is 6.51. The van der Waals surface area contributed by atoms with Crippen molar-refractivity contribution in [3.63, 3.8) is 0 Å². The Morgan fingerprint density at radius 1 is 1.53 bits per heavy atom. The third kappa shape index (κ3) is 4.96. The second kappa shape index (κ2) is 6.87. The molecule has 0 bridgehead atoms. The number of urea groups is 1. The van der Waals surface area contributed by atoms with E-state index in [0.29, 0.717) is 11.3 Å². The van der Waals surface area contributed by atoms with Crippen LogP contribution in [-0.4, -0.2) is 35.6 Å². The lowest BCUT2D eigenvalue weighted by atomic mass is 10.2. The Bertz CT molecular complexity index is 544. The highest BCUT2D eigenvalue weighted by Gasteiger charge is 2.06. The second-order valence-corrected chi connectivity index (χ2v) is 3.79. The van der Waals surface area contributed by atoms with E-state index in [1.165, 1.54) is 11.0 Å². The number of hydrogen-bond donors (Lipinski definition) is 2. The molecule has 0 fully saturated rings. The number of aliphatic carboxylic acids is 1. The molecular weight excluding hydrogens is 244 g/mol. The molecule has 0 unspecified atom stereocenters. The maximum atomic E-state index is 11.7. The summed E-state index contributed by atoms with van der Waals surface area (Å²) in [4.78, 5) is 23.5. The van der Waals surface area contributed by atoms with E-state index in [1.807, 2.05) is 0 Å². The number of benzene rings is 1. The van der Waals surface area contributed by atoms with Gasteiger partial charge in [-0.1, -0.05) is 18.1 Å². The van der Waals surface area contributed by atoms with Crippen LogP contribution in [0.3, 0.4) is 0 Å². The number of rotatable bonds is 4. The predicted octanol–water partition coefficient (Wildman–Crippen LogP) is 1.88. The molecule has 0 aliphatic rings. The summed E-state index contributed by atoms with van der Waals surface area (Å²) in [5.74, 6) is 1.34. The van der Waals surface area contributed by atoms with E-state index in [4.69, 9.17) is 11.5 Å². The molecule has 1 aromatic rings. The molecule has 98 valence electrons. The topological polar surface area (TPSA) is 69.6 Å². The van der Waals surface area contributed by atoms with Crippen LogP contribution in [0.4, 0.5) is 10.5 Å². The van der Waals surface area contributed by atoms with Gasteiger partial charge in [0.2, 0.25) is 0 Å². The number of carboxylic acid groups (broad SMARTS) is 1. The number of carbonyl (C=O) groups is 2. The van der Waals surface area contributed by atoms with Crippen molar-refractivity contribution in [2.24, 2.45) is 0 Å². The van der Waals surface area contributed by atoms with Gasteiger partial charge < -0.3 is 15.3 Å². The summed E-state index contributed by atoms with van der Waals surface area (Å²) in [5, 5.41) is 11.2. The van der Waals surface area contributed by atoms with Gasteiger partial charge in [0.05, 0.1) is 6.54 Å². The molecule has 0 aliphatic carbocycles. The van der Waals surface area contributed by atoms with Crippen LogP contribution >= 0.6 is 0 Å². The first kappa shape index (κ1) is 14.3. The molecule has 2 amide bonds. The summed E-state index contributed by atoms with van der Waals surface area (Å²) in [7, 11) is 1.59. The Labute approximate surface area is 111 Å². The zero-order valence-electron chi connectivity index (χ0n) is 10.5. The molecule has 0 aliphatic heterocycles. The molecule has 1 aromatic carbocycles. The van der Waals surface area contributed by atoms with Gasteiger partial charge in [-0.3, -0.25) is 0 Å². The third-order valence-corrected chi connectivity index (χ3v) is 2.23. The molecule has 0 heterocycles. The van der Waals surface area contributed by atoms with Gasteiger partial charge >= 0.3 is 12.0 Å². The first-order chi connectivity index (χ1) is 9.02. The summed E-state index contributed by atoms with van der Waals surface area (Å²) in [5.41, 5.74) is 1.25. The molecule has 19 heavy (non-hydrogen) atoms. The molecule has 2 N–H and O–H groups in total. The molecule has 0 saturated carbocycles. The smallest absolute Gasteiger partial charge is 0.328 e. The molecule has 0 atom stereocenters. The molecule has 0 saturated heterocycles.